The molecule has 6 aliphatic rings. The minimum atomic E-state index is -5.59. The van der Waals surface area contributed by atoms with E-state index in [0.29, 0.717) is 0 Å². The molecule has 0 spiro atoms. The molecular weight excluding hydrogens is 1930 g/mol. The number of hydrogen-bond acceptors (Lipinski definition) is 50. The second kappa shape index (κ2) is 41.4. The molecule has 0 bridgehead atoms. The smallest absolute Gasteiger partial charge is 0.394 e. The van der Waals surface area contributed by atoms with Crippen LogP contribution < -0.4 is 45.2 Å². The number of phosphoric acid groups is 5. The van der Waals surface area contributed by atoms with Crippen molar-refractivity contribution in [2.24, 2.45) is 0 Å². The zero-order valence-electron chi connectivity index (χ0n) is 62.9. The Morgan fingerprint density at radius 1 is 0.378 bits per heavy atom. The number of anilines is 2. The number of nitrogens with zero attached hydrogens (tertiary/aromatic N) is 11. The van der Waals surface area contributed by atoms with Gasteiger partial charge in [-0.25, -0.2) is 76.0 Å². The average molecular weight is 2000 g/mol. The fourth-order valence-corrected chi connectivity index (χ4v) is 19.8. The number of ether oxygens (including phenoxy) is 6. The molecule has 13 heterocycles. The van der Waals surface area contributed by atoms with Crippen LogP contribution in [-0.4, -0.2) is 340 Å². The van der Waals surface area contributed by atoms with E-state index >= 15 is 0 Å². The number of nitrogens with two attached hydrogens (primary N) is 2. The number of thiol groups is 1. The zero-order chi connectivity index (χ0) is 94.0. The van der Waals surface area contributed by atoms with Crippen molar-refractivity contribution in [3.63, 3.8) is 0 Å². The predicted octanol–water partition coefficient (Wildman–Crippen LogP) is -11.8. The van der Waals surface area contributed by atoms with Crippen LogP contribution in [0.1, 0.15) is 31.1 Å². The molecule has 31 atom stereocenters. The second-order valence-electron chi connectivity index (χ2n) is 26.8. The average Bonchev–Trinajstić information content (AvgIpc) is 1.65. The highest BCUT2D eigenvalue weighted by molar-refractivity contribution is 8.44. The summed E-state index contributed by atoms with van der Waals surface area (Å²) in [7, 11) is -25.8. The lowest BCUT2D eigenvalue weighted by Crippen LogP contribution is -2.58. The number of aromatic nitrogens is 14. The largest absolute Gasteiger partial charge is 0.483 e. The maximum absolute atomic E-state index is 12.4. The standard InChI is InChI=1S/C19H24N7O12P.C15H24N2O17P2.C10H15N5O9P2S.C9H14N2O11P2S/c20-15-10-16(22-5-21-15)26(6-23-10)18-14(31)12(29)8(38-18)4-36-39(33,34)35-3-7-11(28)13(30)17(37-7)25-2-1-9(27)24-19(25)32;18-3-5-8(20)10(22)12(24)14(32-5)33-36(28,29)34-35(26,27)30-4-6-9(21)11(23)13(31-6)17-2-1-7(19)16-15(17)25;11-8-5-9(13-2-12-8)15(3-14-5)10-7(17)6(16)4(23-10)1-22-25(18,19)24-26(20,21)27;12-5-1-2-11(9(15)10-5)8-7(14)6(13)4(21-8)3-20-23(16,17)22-24(18,19)25/h1-2,5-8,11-14,17-18,28-31H,3-4H2,(H,33,34)(H2,20,21,22)(H,24,27,32);1-2,5-6,8-14,18,20-24H,3-4H2,(H,26,27)(H,28,29)(H,16,19,25);2-4,6-7,10,16-17H,1H2,(H,18,19)(H2,11,12,13)(H2,20,21,27);1-2,4,6-8,13-14H,3H2,(H,16,17)(H,10,12,15)(H2,18,19,25)/t7?,8-,11-,12-,13-,14-,17-,18-;5-,6-,8-,9-,10+,11-,12-,13-,14-;4-,6-,7-,10-;4-,6-,7-,8-/m1111/s1. The summed E-state index contributed by atoms with van der Waals surface area (Å²) in [6.45, 7) is -14.0. The van der Waals surface area contributed by atoms with E-state index < -0.39 is 279 Å². The molecule has 13 rings (SSSR count). The first-order valence-corrected chi connectivity index (χ1v) is 47.8. The van der Waals surface area contributed by atoms with E-state index in [9.17, 15) is 147 Å². The molecule has 0 saturated carbocycles. The normalized spacial score (nSPS) is 33.1. The molecule has 127 heavy (non-hydrogen) atoms. The lowest BCUT2D eigenvalue weighted by Gasteiger charge is -2.39. The van der Waals surface area contributed by atoms with Crippen molar-refractivity contribution in [3.05, 3.63) is 125 Å². The first-order valence-electron chi connectivity index (χ1n) is 35.0. The van der Waals surface area contributed by atoms with Crippen LogP contribution in [0.3, 0.4) is 0 Å². The molecular formula is C53H77N16O49P7S2. The number of aliphatic hydroxyl groups excluding tert-OH is 14. The van der Waals surface area contributed by atoms with Gasteiger partial charge in [0.2, 0.25) is 0 Å². The number of aliphatic hydroxyl groups is 14. The number of hydrogen-bond donors (Lipinski definition) is 28. The Balaban J connectivity index is 0.000000179. The zero-order valence-corrected chi connectivity index (χ0v) is 70.8. The van der Waals surface area contributed by atoms with Crippen molar-refractivity contribution in [2.75, 3.05) is 51.1 Å². The van der Waals surface area contributed by atoms with Crippen LogP contribution in [0.2, 0.25) is 0 Å². The summed E-state index contributed by atoms with van der Waals surface area (Å²) in [5.74, 6) is 0.194. The summed E-state index contributed by atoms with van der Waals surface area (Å²) >= 11 is 7.14. The molecule has 65 nitrogen and oxygen atoms in total. The van der Waals surface area contributed by atoms with Gasteiger partial charge in [0.25, 0.3) is 16.7 Å². The van der Waals surface area contributed by atoms with Gasteiger partial charge in [0, 0.05) is 36.8 Å². The quantitative estimate of drug-likeness (QED) is 0.0153. The van der Waals surface area contributed by atoms with Gasteiger partial charge in [0.05, 0.1) is 52.3 Å². The lowest BCUT2D eigenvalue weighted by molar-refractivity contribution is -0.280. The molecule has 7 unspecified atom stereocenters. The number of imidazole rings is 2. The van der Waals surface area contributed by atoms with Crippen molar-refractivity contribution in [3.8, 4) is 0 Å². The fourth-order valence-electron chi connectivity index (χ4n) is 12.1. The molecule has 0 amide bonds. The number of nitrogen functional groups attached to an aromatic ring is 2. The van der Waals surface area contributed by atoms with Gasteiger partial charge in [0.1, 0.15) is 140 Å². The molecule has 6 fully saturated rings. The number of rotatable bonds is 29. The van der Waals surface area contributed by atoms with E-state index in [1.165, 1.54) is 34.4 Å². The highest BCUT2D eigenvalue weighted by atomic mass is 32.7. The van der Waals surface area contributed by atoms with Crippen LogP contribution in [0.4, 0.5) is 11.6 Å². The maximum Gasteiger partial charge on any atom is 0.483 e. The van der Waals surface area contributed by atoms with E-state index in [1.807, 2.05) is 15.0 Å². The molecule has 0 aliphatic carbocycles. The van der Waals surface area contributed by atoms with Crippen LogP contribution >= 0.6 is 64.9 Å². The number of phosphoric ester groups is 5. The molecule has 6 saturated heterocycles. The van der Waals surface area contributed by atoms with Gasteiger partial charge >= 0.3 is 69.7 Å². The monoisotopic (exact) mass is 2000 g/mol. The van der Waals surface area contributed by atoms with Crippen LogP contribution in [0, 0.1) is 0 Å². The van der Waals surface area contributed by atoms with Crippen LogP contribution in [-0.2, 0) is 108 Å². The van der Waals surface area contributed by atoms with E-state index in [4.69, 9.17) is 68.7 Å². The molecule has 6 aliphatic heterocycles. The van der Waals surface area contributed by atoms with Crippen LogP contribution in [0.25, 0.3) is 22.3 Å². The first-order chi connectivity index (χ1) is 59.0. The van der Waals surface area contributed by atoms with E-state index in [0.717, 1.165) is 50.5 Å². The van der Waals surface area contributed by atoms with E-state index in [2.05, 4.69) is 85.0 Å². The van der Waals surface area contributed by atoms with Gasteiger partial charge in [-0.1, -0.05) is 12.2 Å². The predicted molar refractivity (Wildman–Crippen MR) is 408 cm³/mol. The first kappa shape index (κ1) is 103. The Bertz CT molecular complexity index is 5760. The Labute approximate surface area is 711 Å². The molecule has 0 radical (unpaired) electrons. The van der Waals surface area contributed by atoms with Gasteiger partial charge in [0.15, 0.2) is 60.4 Å². The van der Waals surface area contributed by atoms with E-state index in [1.54, 1.807) is 0 Å². The minimum absolute atomic E-state index is 0.0889. The Morgan fingerprint density at radius 2 is 0.669 bits per heavy atom. The topological polar surface area (TPSA) is 990 Å². The van der Waals surface area contributed by atoms with Crippen LogP contribution in [0.5, 0.6) is 0 Å². The van der Waals surface area contributed by atoms with Crippen molar-refractivity contribution >= 4 is 111 Å². The van der Waals surface area contributed by atoms with Crippen molar-refractivity contribution in [1.29, 1.82) is 0 Å². The third-order valence-corrected chi connectivity index (χ3v) is 27.2. The van der Waals surface area contributed by atoms with Crippen molar-refractivity contribution in [2.45, 2.75) is 153 Å². The Morgan fingerprint density at radius 3 is 0.969 bits per heavy atom. The number of nitrogens with one attached hydrogen (secondary N) is 3. The second-order valence-corrected chi connectivity index (χ2v) is 39.9. The number of H-pyrrole nitrogens is 3. The Hall–Kier alpha value is -6.36. The number of fused-ring (bicyclic) bond motifs is 2. The molecule has 710 valence electrons. The van der Waals surface area contributed by atoms with Crippen molar-refractivity contribution < 1.29 is 207 Å². The molecule has 0 aromatic carbocycles. The highest BCUT2D eigenvalue weighted by Crippen LogP contribution is 2.64. The summed E-state index contributed by atoms with van der Waals surface area (Å²) in [4.78, 5) is 173. The van der Waals surface area contributed by atoms with Crippen LogP contribution in [0.15, 0.2) is 90.9 Å². The highest BCUT2D eigenvalue weighted by Gasteiger charge is 2.53. The summed E-state index contributed by atoms with van der Waals surface area (Å²) in [6.07, 6.45) is -31.4. The van der Waals surface area contributed by atoms with Gasteiger partial charge in [-0.3, -0.25) is 79.3 Å². The lowest BCUT2D eigenvalue weighted by atomic mass is 10.00. The van der Waals surface area contributed by atoms with Crippen molar-refractivity contribution in [1.82, 2.24) is 67.7 Å². The molecule has 29 N–H and O–H groups in total. The summed E-state index contributed by atoms with van der Waals surface area (Å²) in [5.41, 5.74) is 7.44. The number of aromatic amines is 3. The van der Waals surface area contributed by atoms with E-state index in [-0.39, 0.29) is 34.0 Å². The summed E-state index contributed by atoms with van der Waals surface area (Å²) in [6, 6.07) is 2.91. The van der Waals surface area contributed by atoms with Gasteiger partial charge in [-0.15, -0.1) is 0 Å². The van der Waals surface area contributed by atoms with Gasteiger partial charge in [-0.2, -0.15) is 8.62 Å². The summed E-state index contributed by atoms with van der Waals surface area (Å²) < 4.78 is 147. The molecule has 74 heteroatoms. The molecule has 7 aromatic heterocycles. The SMILES string of the molecule is Nc1ncnc2c1ncn2[C@@H]1O[C@H](COP(=O)(O)OCC2O[C@@H](n3ccc(=O)[nH]c3=O)[C@H](O)[C@@H]2O)[C@@H](O)[C@H]1O.Nc1ncnc2c1ncn2[C@@H]1O[C@H](COP(=O)(O)OP(O)(O)=S)[C@@H](O)[C@H]1O.O=c1ccn([C@@H]2O[C@H](COP(=O)(O)OP(=O)(O)O[C@H]3O[C@H](CO)[C@@H](O)[C@H](O)[C@H]3O)[C@@H](O)[C@H]2O)c(=O)[nH]1.O=c1ccn([C@@H]2O[C@H](COP(=O)(O)OP(=O)(O)S)[C@@H](O)[C@H]2O)c(=O)[nH]1. The van der Waals surface area contributed by atoms with Gasteiger partial charge in [-0.05, 0) is 11.8 Å². The third kappa shape index (κ3) is 25.7. The minimum Gasteiger partial charge on any atom is -0.394 e. The Kier molecular flexibility index (Phi) is 33.5. The van der Waals surface area contributed by atoms with Gasteiger partial charge < -0.3 is 151 Å². The third-order valence-electron chi connectivity index (χ3n) is 18.1. The maximum atomic E-state index is 12.4. The summed E-state index contributed by atoms with van der Waals surface area (Å²) in [5, 5.41) is 140. The fraction of sp³-hybridized carbons (Fsp3) is 0.585. The molecule has 7 aromatic rings.